The average molecular weight is 354 g/mol. The fourth-order valence-corrected chi connectivity index (χ4v) is 3.04. The molecule has 0 aromatic heterocycles. The topological polar surface area (TPSA) is 62.9 Å². The van der Waals surface area contributed by atoms with Crippen LogP contribution in [0.4, 0.5) is 5.69 Å². The van der Waals surface area contributed by atoms with E-state index in [1.165, 1.54) is 11.1 Å². The summed E-state index contributed by atoms with van der Waals surface area (Å²) < 4.78 is 5.38. The Morgan fingerprint density at radius 2 is 1.88 bits per heavy atom. The smallest absolute Gasteiger partial charge is 0.193 e. The lowest BCUT2D eigenvalue weighted by Crippen LogP contribution is -2.32. The number of aryl methyl sites for hydroxylation is 1. The normalized spacial score (nSPS) is 12.9. The molecule has 0 amide bonds. The van der Waals surface area contributed by atoms with Crippen molar-refractivity contribution in [2.24, 2.45) is 10.7 Å². The Morgan fingerprint density at radius 3 is 2.54 bits per heavy atom. The van der Waals surface area contributed by atoms with Gasteiger partial charge in [0.25, 0.3) is 0 Å². The molecule has 26 heavy (non-hydrogen) atoms. The van der Waals surface area contributed by atoms with Gasteiger partial charge < -0.3 is 15.8 Å². The summed E-state index contributed by atoms with van der Waals surface area (Å²) in [5.74, 6) is 1.28. The molecule has 0 bridgehead atoms. The molecule has 2 rings (SSSR count). The van der Waals surface area contributed by atoms with Gasteiger partial charge in [0.2, 0.25) is 0 Å². The molecule has 0 saturated heterocycles. The molecule has 2 aromatic rings. The van der Waals surface area contributed by atoms with Crippen molar-refractivity contribution >= 4 is 11.6 Å². The Balaban J connectivity index is 2.17. The molecule has 5 nitrogen and oxygen atoms in total. The van der Waals surface area contributed by atoms with E-state index in [2.05, 4.69) is 54.2 Å². The highest BCUT2D eigenvalue weighted by atomic mass is 16.5. The van der Waals surface area contributed by atoms with Gasteiger partial charge in [-0.15, -0.1) is 0 Å². The van der Waals surface area contributed by atoms with Crippen LogP contribution in [0.2, 0.25) is 0 Å². The quantitative estimate of drug-likeness (QED) is 0.559. The van der Waals surface area contributed by atoms with Crippen molar-refractivity contribution in [2.75, 3.05) is 32.1 Å². The number of guanidine groups is 1. The highest BCUT2D eigenvalue weighted by molar-refractivity contribution is 5.92. The number of methoxy groups -OCH3 is 1. The number of ether oxygens (including phenoxy) is 1. The van der Waals surface area contributed by atoms with Gasteiger partial charge in [-0.25, -0.2) is 0 Å². The predicted octanol–water partition coefficient (Wildman–Crippen LogP) is 3.81. The zero-order valence-corrected chi connectivity index (χ0v) is 16.2. The molecular weight excluding hydrogens is 324 g/mol. The monoisotopic (exact) mass is 354 g/mol. The van der Waals surface area contributed by atoms with Crippen molar-refractivity contribution < 1.29 is 4.74 Å². The Kier molecular flexibility index (Phi) is 7.48. The van der Waals surface area contributed by atoms with Crippen molar-refractivity contribution in [1.82, 2.24) is 4.90 Å². The average Bonchev–Trinajstić information content (AvgIpc) is 2.65. The Labute approximate surface area is 156 Å². The molecule has 140 valence electrons. The number of likely N-dealkylation sites (N-methyl/N-ethyl adjacent to an activating group) is 1. The van der Waals surface area contributed by atoms with Crippen LogP contribution in [-0.4, -0.2) is 37.6 Å². The molecule has 1 unspecified atom stereocenters. The summed E-state index contributed by atoms with van der Waals surface area (Å²) in [5, 5.41) is 3.17. The van der Waals surface area contributed by atoms with Crippen LogP contribution >= 0.6 is 0 Å². The van der Waals surface area contributed by atoms with Crippen LogP contribution in [-0.2, 0) is 0 Å². The molecule has 0 heterocycles. The van der Waals surface area contributed by atoms with Gasteiger partial charge in [0, 0.05) is 5.69 Å². The van der Waals surface area contributed by atoms with E-state index in [9.17, 15) is 0 Å². The van der Waals surface area contributed by atoms with Gasteiger partial charge in [0.05, 0.1) is 19.7 Å². The van der Waals surface area contributed by atoms with Crippen LogP contribution in [0, 0.1) is 6.92 Å². The lowest BCUT2D eigenvalue weighted by molar-refractivity contribution is 0.224. The second-order valence-electron chi connectivity index (χ2n) is 6.23. The number of rotatable bonds is 8. The zero-order valence-electron chi connectivity index (χ0n) is 16.2. The van der Waals surface area contributed by atoms with Crippen LogP contribution < -0.4 is 15.8 Å². The molecule has 0 aliphatic rings. The van der Waals surface area contributed by atoms with Gasteiger partial charge in [-0.1, -0.05) is 38.1 Å². The van der Waals surface area contributed by atoms with Crippen LogP contribution in [0.5, 0.6) is 5.75 Å². The fraction of sp³-hybridized carbons (Fsp3) is 0.381. The first kappa shape index (κ1) is 19.8. The minimum absolute atomic E-state index is 0.151. The first-order valence-corrected chi connectivity index (χ1v) is 9.09. The van der Waals surface area contributed by atoms with Crippen molar-refractivity contribution in [3.63, 3.8) is 0 Å². The highest BCUT2D eigenvalue weighted by Crippen LogP contribution is 2.24. The number of nitrogens with one attached hydrogen (secondary N) is 1. The zero-order chi connectivity index (χ0) is 18.9. The number of aliphatic imine (C=N–C) groups is 1. The van der Waals surface area contributed by atoms with E-state index in [-0.39, 0.29) is 6.04 Å². The van der Waals surface area contributed by atoms with E-state index in [4.69, 9.17) is 10.5 Å². The van der Waals surface area contributed by atoms with Gasteiger partial charge in [-0.05, 0) is 55.4 Å². The van der Waals surface area contributed by atoms with Gasteiger partial charge in [-0.2, -0.15) is 0 Å². The van der Waals surface area contributed by atoms with E-state index < -0.39 is 0 Å². The fourth-order valence-electron chi connectivity index (χ4n) is 3.04. The summed E-state index contributed by atoms with van der Waals surface area (Å²) in [7, 11) is 1.69. The molecule has 0 fully saturated rings. The SMILES string of the molecule is CCN(CC)C(CN=C(N)Nc1cccc(C)c1)c1cccc(OC)c1. The maximum absolute atomic E-state index is 6.12. The summed E-state index contributed by atoms with van der Waals surface area (Å²) in [6.07, 6.45) is 0. The van der Waals surface area contributed by atoms with Crippen molar-refractivity contribution in [3.8, 4) is 5.75 Å². The summed E-state index contributed by atoms with van der Waals surface area (Å²) in [4.78, 5) is 6.97. The van der Waals surface area contributed by atoms with Gasteiger partial charge in [-0.3, -0.25) is 9.89 Å². The molecule has 1 atom stereocenters. The molecule has 0 spiro atoms. The van der Waals surface area contributed by atoms with Gasteiger partial charge in [0.15, 0.2) is 5.96 Å². The molecular formula is C21H30N4O. The standard InChI is InChI=1S/C21H30N4O/c1-5-25(6-2)20(17-10-8-12-19(14-17)26-4)15-23-21(22)24-18-11-7-9-16(3)13-18/h7-14,20H,5-6,15H2,1-4H3,(H3,22,23,24). The van der Waals surface area contributed by atoms with E-state index in [0.717, 1.165) is 24.5 Å². The lowest BCUT2D eigenvalue weighted by Gasteiger charge is -2.29. The minimum atomic E-state index is 0.151. The van der Waals surface area contributed by atoms with Crippen molar-refractivity contribution in [3.05, 3.63) is 59.7 Å². The van der Waals surface area contributed by atoms with E-state index >= 15 is 0 Å². The van der Waals surface area contributed by atoms with Gasteiger partial charge >= 0.3 is 0 Å². The van der Waals surface area contributed by atoms with E-state index in [0.29, 0.717) is 12.5 Å². The van der Waals surface area contributed by atoms with Crippen LogP contribution in [0.15, 0.2) is 53.5 Å². The second-order valence-corrected chi connectivity index (χ2v) is 6.23. The largest absolute Gasteiger partial charge is 0.497 e. The summed E-state index contributed by atoms with van der Waals surface area (Å²) in [6.45, 7) is 8.85. The maximum atomic E-state index is 6.12. The van der Waals surface area contributed by atoms with Gasteiger partial charge in [0.1, 0.15) is 5.75 Å². The molecule has 0 radical (unpaired) electrons. The molecule has 0 saturated carbocycles. The van der Waals surface area contributed by atoms with Crippen LogP contribution in [0.25, 0.3) is 0 Å². The van der Waals surface area contributed by atoms with Crippen LogP contribution in [0.1, 0.15) is 31.0 Å². The molecule has 0 aliphatic heterocycles. The first-order chi connectivity index (χ1) is 12.6. The third-order valence-electron chi connectivity index (χ3n) is 4.46. The number of benzene rings is 2. The third kappa shape index (κ3) is 5.49. The number of nitrogens with two attached hydrogens (primary N) is 1. The van der Waals surface area contributed by atoms with E-state index in [1.807, 2.05) is 30.3 Å². The Morgan fingerprint density at radius 1 is 1.15 bits per heavy atom. The van der Waals surface area contributed by atoms with Crippen molar-refractivity contribution in [1.29, 1.82) is 0 Å². The van der Waals surface area contributed by atoms with Crippen molar-refractivity contribution in [2.45, 2.75) is 26.8 Å². The molecule has 5 heteroatoms. The lowest BCUT2D eigenvalue weighted by atomic mass is 10.0. The maximum Gasteiger partial charge on any atom is 0.193 e. The number of nitrogens with zero attached hydrogens (tertiary/aromatic N) is 2. The highest BCUT2D eigenvalue weighted by Gasteiger charge is 2.18. The van der Waals surface area contributed by atoms with E-state index in [1.54, 1.807) is 7.11 Å². The number of anilines is 1. The summed E-state index contributed by atoms with van der Waals surface area (Å²) >= 11 is 0. The predicted molar refractivity (Wildman–Crippen MR) is 110 cm³/mol. The minimum Gasteiger partial charge on any atom is -0.497 e. The summed E-state index contributed by atoms with van der Waals surface area (Å²) in [6, 6.07) is 16.4. The molecule has 2 aromatic carbocycles. The summed E-state index contributed by atoms with van der Waals surface area (Å²) in [5.41, 5.74) is 9.43. The molecule has 0 aliphatic carbocycles. The molecule has 3 N–H and O–H groups in total. The second kappa shape index (κ2) is 9.82. The first-order valence-electron chi connectivity index (χ1n) is 9.09. The third-order valence-corrected chi connectivity index (χ3v) is 4.46. The number of hydrogen-bond donors (Lipinski definition) is 2. The number of hydrogen-bond acceptors (Lipinski definition) is 3. The Bertz CT molecular complexity index is 725. The Hall–Kier alpha value is -2.53. The van der Waals surface area contributed by atoms with Crippen LogP contribution in [0.3, 0.4) is 0 Å².